The van der Waals surface area contributed by atoms with Crippen LogP contribution in [0.1, 0.15) is 52.7 Å². The van der Waals surface area contributed by atoms with Crippen LogP contribution in [0.2, 0.25) is 0 Å². The van der Waals surface area contributed by atoms with Crippen molar-refractivity contribution < 1.29 is 20.1 Å². The summed E-state index contributed by atoms with van der Waals surface area (Å²) in [5.41, 5.74) is 16.3. The minimum Gasteiger partial charge on any atom is -0.305 e. The Kier molecular flexibility index (Phi) is 14.2. The van der Waals surface area contributed by atoms with Gasteiger partial charge in [0.1, 0.15) is 0 Å². The van der Waals surface area contributed by atoms with E-state index in [4.69, 9.17) is 0 Å². The van der Waals surface area contributed by atoms with Crippen molar-refractivity contribution in [3.63, 3.8) is 0 Å². The Balaban J connectivity index is 0.000000234. The molecule has 0 fully saturated rings. The topological polar surface area (TPSA) is 25.8 Å². The first-order valence-corrected chi connectivity index (χ1v) is 21.1. The van der Waals surface area contributed by atoms with E-state index in [2.05, 4.69) is 199 Å². The zero-order valence-electron chi connectivity index (χ0n) is 34.1. The van der Waals surface area contributed by atoms with Gasteiger partial charge in [0.15, 0.2) is 0 Å². The van der Waals surface area contributed by atoms with Crippen LogP contribution in [0.15, 0.2) is 179 Å². The molecule has 0 aliphatic heterocycles. The van der Waals surface area contributed by atoms with Crippen LogP contribution < -0.4 is 0 Å². The van der Waals surface area contributed by atoms with Gasteiger partial charge in [-0.05, 0) is 115 Å². The predicted molar refractivity (Wildman–Crippen MR) is 252 cm³/mol. The van der Waals surface area contributed by atoms with Gasteiger partial charge in [0.25, 0.3) is 0 Å². The molecule has 6 aromatic carbocycles. The quantitative estimate of drug-likeness (QED) is 0.155. The molecule has 0 amide bonds. The molecule has 0 aliphatic rings. The summed E-state index contributed by atoms with van der Waals surface area (Å²) in [7, 11) is 0. The number of halogens is 2. The molecular weight excluding hydrogens is 1030 g/mol. The number of rotatable bonds is 6. The third-order valence-electron chi connectivity index (χ3n) is 10.1. The summed E-state index contributed by atoms with van der Waals surface area (Å²) < 4.78 is 2.10. The molecule has 0 atom stereocenters. The van der Waals surface area contributed by atoms with Crippen molar-refractivity contribution in [2.75, 3.05) is 0 Å². The molecule has 297 valence electrons. The summed E-state index contributed by atoms with van der Waals surface area (Å²) in [6, 6.07) is 62.1. The summed E-state index contributed by atoms with van der Waals surface area (Å²) in [6.07, 6.45) is 3.63. The first-order valence-electron chi connectivity index (χ1n) is 19.5. The molecule has 0 saturated carbocycles. The summed E-state index contributed by atoms with van der Waals surface area (Å²) in [6.45, 7) is 13.5. The molecule has 0 N–H and O–H groups in total. The van der Waals surface area contributed by atoms with Gasteiger partial charge in [-0.2, -0.15) is 0 Å². The Bertz CT molecular complexity index is 2530. The van der Waals surface area contributed by atoms with Crippen molar-refractivity contribution in [2.24, 2.45) is 0 Å². The van der Waals surface area contributed by atoms with Crippen molar-refractivity contribution in [1.29, 1.82) is 0 Å². The fourth-order valence-electron chi connectivity index (χ4n) is 6.81. The molecule has 59 heavy (non-hydrogen) atoms. The van der Waals surface area contributed by atoms with E-state index >= 15 is 0 Å². The maximum atomic E-state index is 4.54. The van der Waals surface area contributed by atoms with Crippen LogP contribution in [0.5, 0.6) is 0 Å². The number of aromatic nitrogens is 2. The second kappa shape index (κ2) is 19.1. The second-order valence-electron chi connectivity index (χ2n) is 16.5. The Labute approximate surface area is 380 Å². The standard InChI is InChI=1S/C37H36N.C17H10Br2N.Ir/c1-36(2,3)33-17-13-26(14-18-33)30-23-31(27-15-19-34(20-16-27)37(4,5)6)25-32(24-30)28-10-9-11-29(22-28)35-12-7-8-21-38-35;18-15-9-14(10-16(19)11-15)12-4-3-5-13(8-12)17-6-1-2-7-20-17;/h7-10,12-25H,1-6H3;1-4,6-11H;/q2*-1;. The molecule has 0 saturated heterocycles. The van der Waals surface area contributed by atoms with E-state index in [1.165, 1.54) is 38.9 Å². The van der Waals surface area contributed by atoms with E-state index in [1.807, 2.05) is 60.8 Å². The summed E-state index contributed by atoms with van der Waals surface area (Å²) in [5.74, 6) is 0. The number of nitrogens with zero attached hydrogens (tertiary/aromatic N) is 2. The maximum Gasteiger partial charge on any atom is 0.0192 e. The molecule has 2 aromatic heterocycles. The van der Waals surface area contributed by atoms with Crippen LogP contribution in [-0.2, 0) is 30.9 Å². The van der Waals surface area contributed by atoms with Gasteiger partial charge in [-0.15, -0.1) is 70.8 Å². The normalized spacial score (nSPS) is 11.3. The molecule has 8 rings (SSSR count). The molecule has 0 bridgehead atoms. The Morgan fingerprint density at radius 1 is 0.390 bits per heavy atom. The molecule has 2 heterocycles. The number of hydrogen-bond acceptors (Lipinski definition) is 2. The number of pyridine rings is 2. The van der Waals surface area contributed by atoms with Crippen molar-refractivity contribution >= 4 is 31.9 Å². The molecule has 0 aliphatic carbocycles. The summed E-state index contributed by atoms with van der Waals surface area (Å²) in [4.78, 5) is 8.91. The fraction of sp³-hybridized carbons (Fsp3) is 0.148. The first-order chi connectivity index (χ1) is 27.8. The number of benzene rings is 6. The third-order valence-corrected chi connectivity index (χ3v) is 11.0. The van der Waals surface area contributed by atoms with E-state index in [9.17, 15) is 0 Å². The van der Waals surface area contributed by atoms with E-state index < -0.39 is 0 Å². The minimum absolute atomic E-state index is 0. The summed E-state index contributed by atoms with van der Waals surface area (Å²) >= 11 is 7.05. The van der Waals surface area contributed by atoms with Crippen molar-refractivity contribution in [3.8, 4) is 67.0 Å². The third kappa shape index (κ3) is 11.3. The van der Waals surface area contributed by atoms with Gasteiger partial charge in [0.2, 0.25) is 0 Å². The largest absolute Gasteiger partial charge is 0.305 e. The van der Waals surface area contributed by atoms with Gasteiger partial charge in [0, 0.05) is 41.4 Å². The molecular formula is C54H46Br2IrN2-2. The number of hydrogen-bond donors (Lipinski definition) is 0. The van der Waals surface area contributed by atoms with Crippen LogP contribution in [0.25, 0.3) is 67.0 Å². The van der Waals surface area contributed by atoms with Gasteiger partial charge in [-0.3, -0.25) is 0 Å². The average Bonchev–Trinajstić information content (AvgIpc) is 3.23. The van der Waals surface area contributed by atoms with Gasteiger partial charge in [0.05, 0.1) is 0 Å². The monoisotopic (exact) mass is 1070 g/mol. The molecule has 2 nitrogen and oxygen atoms in total. The van der Waals surface area contributed by atoms with Crippen LogP contribution in [0.3, 0.4) is 0 Å². The predicted octanol–water partition coefficient (Wildman–Crippen LogP) is 15.9. The molecule has 0 spiro atoms. The van der Waals surface area contributed by atoms with E-state index in [0.29, 0.717) is 0 Å². The smallest absolute Gasteiger partial charge is 0.0192 e. The Morgan fingerprint density at radius 3 is 1.12 bits per heavy atom. The van der Waals surface area contributed by atoms with Gasteiger partial charge in [-0.1, -0.05) is 146 Å². The SMILES string of the molecule is Brc1cc(Br)cc(-c2cc[c-]c(-c3ccccn3)c2)c1.CC(C)(C)c1ccc(-c2cc(-c3ccc(C(C)(C)C)cc3)cc(-c3cc[c-]c(-c4ccccn4)c3)c2)cc1.[Ir]. The van der Waals surface area contributed by atoms with Crippen LogP contribution in [0, 0.1) is 12.1 Å². The molecule has 8 aromatic rings. The Hall–Kier alpha value is -4.77. The maximum absolute atomic E-state index is 4.54. The second-order valence-corrected chi connectivity index (χ2v) is 18.4. The zero-order valence-corrected chi connectivity index (χ0v) is 39.7. The van der Waals surface area contributed by atoms with Crippen LogP contribution >= 0.6 is 31.9 Å². The van der Waals surface area contributed by atoms with Gasteiger partial charge < -0.3 is 9.97 Å². The zero-order chi connectivity index (χ0) is 40.9. The summed E-state index contributed by atoms with van der Waals surface area (Å²) in [5, 5.41) is 0. The average molecular weight is 1080 g/mol. The van der Waals surface area contributed by atoms with E-state index in [1.54, 1.807) is 6.20 Å². The van der Waals surface area contributed by atoms with Crippen molar-refractivity contribution in [1.82, 2.24) is 9.97 Å². The van der Waals surface area contributed by atoms with Crippen LogP contribution in [-0.4, -0.2) is 9.97 Å². The minimum atomic E-state index is 0. The van der Waals surface area contributed by atoms with Crippen LogP contribution in [0.4, 0.5) is 0 Å². The molecule has 1 radical (unpaired) electrons. The van der Waals surface area contributed by atoms with Crippen molar-refractivity contribution in [2.45, 2.75) is 52.4 Å². The van der Waals surface area contributed by atoms with E-state index in [-0.39, 0.29) is 30.9 Å². The first kappa shape index (κ1) is 43.8. The van der Waals surface area contributed by atoms with E-state index in [0.717, 1.165) is 48.2 Å². The van der Waals surface area contributed by atoms with Gasteiger partial charge >= 0.3 is 0 Å². The van der Waals surface area contributed by atoms with Crippen molar-refractivity contribution in [3.05, 3.63) is 202 Å². The Morgan fingerprint density at radius 2 is 0.763 bits per heavy atom. The van der Waals surface area contributed by atoms with Gasteiger partial charge in [-0.25, -0.2) is 0 Å². The fourth-order valence-corrected chi connectivity index (χ4v) is 8.10. The molecule has 0 unspecified atom stereocenters. The molecule has 5 heteroatoms.